The zero-order valence-electron chi connectivity index (χ0n) is 17.9. The topological polar surface area (TPSA) is 162 Å². The second-order valence-electron chi connectivity index (χ2n) is 8.54. The number of nitriles is 1. The number of rotatable bonds is 4. The minimum atomic E-state index is -3.71. The average Bonchev–Trinajstić information content (AvgIpc) is 3.45. The van der Waals surface area contributed by atoms with Crippen LogP contribution in [0, 0.1) is 11.3 Å². The van der Waals surface area contributed by atoms with Crippen LogP contribution < -0.4 is 10.5 Å². The highest BCUT2D eigenvalue weighted by Crippen LogP contribution is 2.41. The highest BCUT2D eigenvalue weighted by Gasteiger charge is 2.30. The number of nitrogens with one attached hydrogen (secondary N) is 1. The van der Waals surface area contributed by atoms with Crippen molar-refractivity contribution in [1.29, 1.82) is 5.26 Å². The number of carbonyl (C=O) groups is 1. The summed E-state index contributed by atoms with van der Waals surface area (Å²) >= 11 is 0.860. The predicted molar refractivity (Wildman–Crippen MR) is 121 cm³/mol. The third kappa shape index (κ3) is 3.93. The fourth-order valence-corrected chi connectivity index (χ4v) is 6.92. The molecule has 0 fully saturated rings. The first kappa shape index (κ1) is 22.8. The van der Waals surface area contributed by atoms with E-state index in [0.717, 1.165) is 77.7 Å². The molecule has 0 saturated carbocycles. The van der Waals surface area contributed by atoms with Gasteiger partial charge in [0, 0.05) is 5.69 Å². The summed E-state index contributed by atoms with van der Waals surface area (Å²) in [5, 5.41) is 38.4. The van der Waals surface area contributed by atoms with Crippen molar-refractivity contribution >= 4 is 33.0 Å². The molecule has 0 aliphatic heterocycles. The van der Waals surface area contributed by atoms with Crippen molar-refractivity contribution in [3.05, 3.63) is 38.5 Å². The molecule has 4 rings (SSSR count). The summed E-state index contributed by atoms with van der Waals surface area (Å²) in [5.41, 5.74) is 3.97. The van der Waals surface area contributed by atoms with Crippen LogP contribution in [0.4, 0.5) is 10.5 Å². The number of thiazole rings is 1. The van der Waals surface area contributed by atoms with Crippen LogP contribution in [0.25, 0.3) is 0 Å². The van der Waals surface area contributed by atoms with E-state index in [1.807, 2.05) is 0 Å². The lowest BCUT2D eigenvalue weighted by atomic mass is 9.93. The van der Waals surface area contributed by atoms with E-state index in [2.05, 4.69) is 20.7 Å². The zero-order valence-corrected chi connectivity index (χ0v) is 19.5. The fraction of sp³-hybridized carbons (Fsp3) is 0.476. The van der Waals surface area contributed by atoms with Crippen molar-refractivity contribution in [2.75, 3.05) is 5.32 Å². The second-order valence-corrected chi connectivity index (χ2v) is 11.5. The van der Waals surface area contributed by atoms with Gasteiger partial charge in [0.1, 0.15) is 14.8 Å². The van der Waals surface area contributed by atoms with Gasteiger partial charge < -0.3 is 15.5 Å². The monoisotopic (exact) mass is 475 g/mol. The molecule has 0 bridgehead atoms. The van der Waals surface area contributed by atoms with E-state index >= 15 is 0 Å². The van der Waals surface area contributed by atoms with Crippen LogP contribution in [0.3, 0.4) is 0 Å². The Labute approximate surface area is 190 Å². The number of hydrogen-bond donors (Lipinski definition) is 4. The Morgan fingerprint density at radius 3 is 2.31 bits per heavy atom. The molecular weight excluding hydrogens is 450 g/mol. The number of carbonyl (C=O) groups excluding carboxylic acids is 1. The van der Waals surface area contributed by atoms with E-state index < -0.39 is 28.2 Å². The largest absolute Gasteiger partial charge is 0.390 e. The lowest BCUT2D eigenvalue weighted by Gasteiger charge is -2.17. The van der Waals surface area contributed by atoms with Crippen molar-refractivity contribution in [3.8, 4) is 6.07 Å². The van der Waals surface area contributed by atoms with Crippen LogP contribution in [0.5, 0.6) is 0 Å². The van der Waals surface area contributed by atoms with Gasteiger partial charge in [0.25, 0.3) is 0 Å². The first-order chi connectivity index (χ1) is 15.1. The Morgan fingerprint density at radius 2 is 1.81 bits per heavy atom. The van der Waals surface area contributed by atoms with Gasteiger partial charge in [0.15, 0.2) is 9.92 Å². The summed E-state index contributed by atoms with van der Waals surface area (Å²) in [6, 6.07) is 1.49. The number of nitrogens with zero attached hydrogens (tertiary/aromatic N) is 3. The molecule has 2 aromatic rings. The Bertz CT molecular complexity index is 1240. The Balaban J connectivity index is 1.73. The van der Waals surface area contributed by atoms with E-state index in [1.54, 1.807) is 0 Å². The number of urea groups is 1. The number of nitrogens with two attached hydrogens (primary N) is 1. The van der Waals surface area contributed by atoms with E-state index in [0.29, 0.717) is 5.69 Å². The molecule has 2 aliphatic rings. The van der Waals surface area contributed by atoms with Gasteiger partial charge in [-0.15, -0.1) is 15.7 Å². The zero-order chi connectivity index (χ0) is 23.3. The molecule has 9 nitrogen and oxygen atoms in total. The number of anilines is 1. The predicted octanol–water partition coefficient (Wildman–Crippen LogP) is 2.64. The molecule has 0 unspecified atom stereocenters. The Kier molecular flexibility index (Phi) is 5.85. The molecule has 1 heterocycles. The maximum atomic E-state index is 13.2. The van der Waals surface area contributed by atoms with Gasteiger partial charge in [0.05, 0.1) is 23.9 Å². The average molecular weight is 476 g/mol. The maximum Gasteiger partial charge on any atom is 0.354 e. The summed E-state index contributed by atoms with van der Waals surface area (Å²) in [7, 11) is -3.71. The minimum absolute atomic E-state index is 0.0244. The van der Waals surface area contributed by atoms with Crippen molar-refractivity contribution < 1.29 is 19.2 Å². The van der Waals surface area contributed by atoms with E-state index in [9.17, 15) is 24.5 Å². The highest BCUT2D eigenvalue weighted by atomic mass is 32.2. The van der Waals surface area contributed by atoms with Crippen molar-refractivity contribution in [1.82, 2.24) is 4.98 Å². The Morgan fingerprint density at radius 1 is 1.25 bits per heavy atom. The molecule has 5 N–H and O–H groups in total. The van der Waals surface area contributed by atoms with Gasteiger partial charge in [-0.2, -0.15) is 5.26 Å². The van der Waals surface area contributed by atoms with Crippen molar-refractivity contribution in [2.45, 2.75) is 68.8 Å². The minimum Gasteiger partial charge on any atom is -0.390 e. The molecule has 32 heavy (non-hydrogen) atoms. The number of aliphatic hydroxyl groups is 2. The van der Waals surface area contributed by atoms with Crippen LogP contribution in [-0.2, 0) is 47.8 Å². The van der Waals surface area contributed by atoms with Crippen LogP contribution in [-0.4, -0.2) is 25.4 Å². The van der Waals surface area contributed by atoms with E-state index in [4.69, 9.17) is 5.14 Å². The van der Waals surface area contributed by atoms with Crippen molar-refractivity contribution in [2.24, 2.45) is 9.50 Å². The number of aliphatic hydroxyl groups excluding tert-OH is 1. The fourth-order valence-electron chi connectivity index (χ4n) is 4.46. The molecule has 11 heteroatoms. The molecule has 1 atom stereocenters. The summed E-state index contributed by atoms with van der Waals surface area (Å²) < 4.78 is 16.9. The van der Waals surface area contributed by atoms with Crippen LogP contribution in [0.1, 0.15) is 65.2 Å². The molecule has 0 spiro atoms. The molecule has 0 radical (unpaired) electrons. The smallest absolute Gasteiger partial charge is 0.354 e. The first-order valence-electron chi connectivity index (χ1n) is 10.4. The molecule has 170 valence electrons. The third-order valence-electron chi connectivity index (χ3n) is 5.81. The molecule has 1 aromatic heterocycles. The van der Waals surface area contributed by atoms with Crippen LogP contribution >= 0.6 is 11.3 Å². The molecule has 0 saturated heterocycles. The van der Waals surface area contributed by atoms with Gasteiger partial charge in [0.2, 0.25) is 0 Å². The molecule has 1 aromatic carbocycles. The van der Waals surface area contributed by atoms with Crippen molar-refractivity contribution in [3.63, 3.8) is 0 Å². The standard InChI is InChI=1S/C21H25N5O4S2/c1-21(2,29)19-24-16(10-27)18(31-19)32(23,30)26-20(28)25-17-13-7-3-5-11(13)15(9-22)12-6-4-8-14(12)17/h27,29H,3-8,10H2,1-2H3,(H3,23,25,26,28,30)/t32-/m0/s1. The normalized spacial score (nSPS) is 16.8. The highest BCUT2D eigenvalue weighted by molar-refractivity contribution is 7.93. The van der Waals surface area contributed by atoms with Gasteiger partial charge in [-0.3, -0.25) is 0 Å². The molecule has 2 aliphatic carbocycles. The summed E-state index contributed by atoms with van der Waals surface area (Å²) in [6.45, 7) is 2.46. The number of benzene rings is 1. The Hall–Kier alpha value is -2.36. The number of hydrogen-bond acceptors (Lipinski definition) is 7. The van der Waals surface area contributed by atoms with Gasteiger partial charge in [-0.25, -0.2) is 19.1 Å². The van der Waals surface area contributed by atoms with Gasteiger partial charge >= 0.3 is 6.03 Å². The van der Waals surface area contributed by atoms with E-state index in [1.165, 1.54) is 13.8 Å². The third-order valence-corrected chi connectivity index (χ3v) is 9.18. The SMILES string of the molecule is CC(C)(O)c1nc(CO)c([S@@](N)(=O)=NC(=O)Nc2c3c(c(C#N)c4c2CCC4)CCC3)s1. The molecular formula is C21H25N5O4S2. The maximum absolute atomic E-state index is 13.2. The number of amides is 2. The van der Waals surface area contributed by atoms with Gasteiger partial charge in [-0.1, -0.05) is 0 Å². The number of aromatic nitrogens is 1. The lowest BCUT2D eigenvalue weighted by molar-refractivity contribution is 0.0779. The summed E-state index contributed by atoms with van der Waals surface area (Å²) in [4.78, 5) is 16.9. The number of fused-ring (bicyclic) bond motifs is 2. The first-order valence-corrected chi connectivity index (χ1v) is 12.7. The van der Waals surface area contributed by atoms with Crippen LogP contribution in [0.2, 0.25) is 0 Å². The summed E-state index contributed by atoms with van der Waals surface area (Å²) in [5.74, 6) is 0. The van der Waals surface area contributed by atoms with Gasteiger partial charge in [-0.05, 0) is 74.6 Å². The molecule has 2 amide bonds. The summed E-state index contributed by atoms with van der Waals surface area (Å²) in [6.07, 6.45) is 4.90. The van der Waals surface area contributed by atoms with Crippen LogP contribution in [0.15, 0.2) is 8.57 Å². The lowest BCUT2D eigenvalue weighted by Crippen LogP contribution is -2.19. The second kappa shape index (κ2) is 8.20. The quantitative estimate of drug-likeness (QED) is 0.531. The van der Waals surface area contributed by atoms with E-state index in [-0.39, 0.29) is 14.9 Å².